The molecule has 26 heavy (non-hydrogen) atoms. The van der Waals surface area contributed by atoms with Crippen molar-refractivity contribution in [2.45, 2.75) is 31.8 Å². The molecule has 3 rings (SSSR count). The Morgan fingerprint density at radius 2 is 2.19 bits per heavy atom. The molecular formula is C18H27N3O4S. The van der Waals surface area contributed by atoms with E-state index in [-0.39, 0.29) is 24.0 Å². The van der Waals surface area contributed by atoms with Gasteiger partial charge in [0.25, 0.3) is 5.91 Å². The number of likely N-dealkylation sites (tertiary alicyclic amines) is 1. The number of carbonyl (C=O) groups excluding carboxylic acids is 2. The highest BCUT2D eigenvalue weighted by atomic mass is 32.1. The second-order valence-corrected chi connectivity index (χ2v) is 7.71. The molecule has 7 nitrogen and oxygen atoms in total. The van der Waals surface area contributed by atoms with E-state index in [9.17, 15) is 9.59 Å². The fourth-order valence-corrected chi connectivity index (χ4v) is 4.80. The van der Waals surface area contributed by atoms with Crippen LogP contribution in [0, 0.1) is 0 Å². The molecule has 0 atom stereocenters. The number of nitrogens with one attached hydrogen (secondary N) is 1. The maximum Gasteiger partial charge on any atom is 0.261 e. The lowest BCUT2D eigenvalue weighted by Crippen LogP contribution is -2.49. The van der Waals surface area contributed by atoms with Gasteiger partial charge in [0.15, 0.2) is 0 Å². The molecule has 3 N–H and O–H groups in total. The van der Waals surface area contributed by atoms with Crippen LogP contribution in [-0.2, 0) is 26.3 Å². The van der Waals surface area contributed by atoms with Gasteiger partial charge in [0, 0.05) is 37.5 Å². The molecule has 1 aromatic rings. The van der Waals surface area contributed by atoms with Crippen molar-refractivity contribution in [1.29, 1.82) is 0 Å². The molecule has 2 amide bonds. The summed E-state index contributed by atoms with van der Waals surface area (Å²) >= 11 is 1.55. The molecule has 0 radical (unpaired) electrons. The number of ether oxygens (including phenoxy) is 2. The lowest BCUT2D eigenvalue weighted by Gasteiger charge is -2.44. The van der Waals surface area contributed by atoms with Crippen LogP contribution >= 0.6 is 11.3 Å². The highest BCUT2D eigenvalue weighted by Gasteiger charge is 2.42. The van der Waals surface area contributed by atoms with Crippen LogP contribution in [0.3, 0.4) is 0 Å². The number of amides is 2. The van der Waals surface area contributed by atoms with Crippen LogP contribution in [-0.4, -0.2) is 62.7 Å². The standard InChI is InChI=1S/C18H27N3O4S/c1-2-24-10-6-20-17(23)15-11-13-14(26-15)3-9-25-18(13)4-7-21(8-5-18)16(22)12-19/h11H,2-10,12,19H2,1H3,(H,20,23). The van der Waals surface area contributed by atoms with Crippen LogP contribution in [0.1, 0.15) is 39.9 Å². The molecule has 1 saturated heterocycles. The maximum absolute atomic E-state index is 12.4. The topological polar surface area (TPSA) is 93.9 Å². The van der Waals surface area contributed by atoms with Gasteiger partial charge in [-0.05, 0) is 31.4 Å². The van der Waals surface area contributed by atoms with Gasteiger partial charge in [-0.1, -0.05) is 0 Å². The van der Waals surface area contributed by atoms with Gasteiger partial charge in [-0.25, -0.2) is 0 Å². The number of thiophene rings is 1. The van der Waals surface area contributed by atoms with Crippen molar-refractivity contribution >= 4 is 23.2 Å². The first kappa shape index (κ1) is 19.3. The molecule has 8 heteroatoms. The van der Waals surface area contributed by atoms with Crippen LogP contribution in [0.15, 0.2) is 6.07 Å². The van der Waals surface area contributed by atoms with E-state index in [0.717, 1.165) is 29.7 Å². The third-order valence-corrected chi connectivity index (χ3v) is 6.26. The molecule has 144 valence electrons. The minimum absolute atomic E-state index is 0.0180. The van der Waals surface area contributed by atoms with E-state index in [1.807, 2.05) is 13.0 Å². The Bertz CT molecular complexity index is 653. The first-order valence-corrected chi connectivity index (χ1v) is 10.0. The fourth-order valence-electron chi connectivity index (χ4n) is 3.66. The average Bonchev–Trinajstić information content (AvgIpc) is 3.11. The molecule has 2 aliphatic rings. The minimum Gasteiger partial charge on any atom is -0.380 e. The third-order valence-electron chi connectivity index (χ3n) is 5.07. The largest absolute Gasteiger partial charge is 0.380 e. The molecular weight excluding hydrogens is 354 g/mol. The summed E-state index contributed by atoms with van der Waals surface area (Å²) in [4.78, 5) is 28.0. The van der Waals surface area contributed by atoms with Gasteiger partial charge in [-0.2, -0.15) is 0 Å². The lowest BCUT2D eigenvalue weighted by atomic mass is 9.82. The number of fused-ring (bicyclic) bond motifs is 2. The van der Waals surface area contributed by atoms with Gasteiger partial charge in [-0.3, -0.25) is 9.59 Å². The van der Waals surface area contributed by atoms with Gasteiger partial charge >= 0.3 is 0 Å². The summed E-state index contributed by atoms with van der Waals surface area (Å²) in [6.07, 6.45) is 2.32. The molecule has 1 spiro atoms. The van der Waals surface area contributed by atoms with Crippen LogP contribution in [0.5, 0.6) is 0 Å². The molecule has 0 saturated carbocycles. The summed E-state index contributed by atoms with van der Waals surface area (Å²) in [6.45, 7) is 5.59. The number of hydrogen-bond acceptors (Lipinski definition) is 6. The molecule has 1 fully saturated rings. The zero-order valence-corrected chi connectivity index (χ0v) is 16.0. The quantitative estimate of drug-likeness (QED) is 0.713. The molecule has 1 aromatic heterocycles. The predicted molar refractivity (Wildman–Crippen MR) is 99.3 cm³/mol. The molecule has 2 aliphatic heterocycles. The Balaban J connectivity index is 1.69. The summed E-state index contributed by atoms with van der Waals surface area (Å²) in [7, 11) is 0. The van der Waals surface area contributed by atoms with E-state index >= 15 is 0 Å². The smallest absolute Gasteiger partial charge is 0.261 e. The highest BCUT2D eigenvalue weighted by Crippen LogP contribution is 2.44. The predicted octanol–water partition coefficient (Wildman–Crippen LogP) is 0.864. The summed E-state index contributed by atoms with van der Waals surface area (Å²) in [5.41, 5.74) is 6.22. The zero-order chi connectivity index (χ0) is 18.6. The summed E-state index contributed by atoms with van der Waals surface area (Å²) in [5.74, 6) is -0.0782. The number of nitrogens with zero attached hydrogens (tertiary/aromatic N) is 1. The first-order valence-electron chi connectivity index (χ1n) is 9.20. The Labute approximate surface area is 157 Å². The van der Waals surface area contributed by atoms with E-state index in [4.69, 9.17) is 15.2 Å². The average molecular weight is 381 g/mol. The van der Waals surface area contributed by atoms with Crippen LogP contribution in [0.2, 0.25) is 0 Å². The number of carbonyl (C=O) groups is 2. The van der Waals surface area contributed by atoms with E-state index in [1.54, 1.807) is 16.2 Å². The van der Waals surface area contributed by atoms with E-state index in [2.05, 4.69) is 5.32 Å². The van der Waals surface area contributed by atoms with Crippen molar-refractivity contribution in [3.8, 4) is 0 Å². The third kappa shape index (κ3) is 3.93. The van der Waals surface area contributed by atoms with Gasteiger partial charge in [0.1, 0.15) is 0 Å². The first-order chi connectivity index (χ1) is 12.6. The van der Waals surface area contributed by atoms with E-state index < -0.39 is 0 Å². The Morgan fingerprint density at radius 1 is 1.42 bits per heavy atom. The minimum atomic E-state index is -0.376. The van der Waals surface area contributed by atoms with E-state index in [0.29, 0.717) is 39.5 Å². The number of rotatable bonds is 6. The number of hydrogen-bond donors (Lipinski definition) is 2. The summed E-state index contributed by atoms with van der Waals surface area (Å²) in [5, 5.41) is 2.90. The normalized spacial score (nSPS) is 18.6. The van der Waals surface area contributed by atoms with Crippen molar-refractivity contribution in [2.75, 3.05) is 46.0 Å². The van der Waals surface area contributed by atoms with Crippen molar-refractivity contribution < 1.29 is 19.1 Å². The van der Waals surface area contributed by atoms with Gasteiger partial charge in [0.05, 0.1) is 30.2 Å². The SMILES string of the molecule is CCOCCNC(=O)c1cc2c(s1)CCOC21CCN(C(=O)CN)CC1. The van der Waals surface area contributed by atoms with Gasteiger partial charge in [-0.15, -0.1) is 11.3 Å². The Morgan fingerprint density at radius 3 is 2.88 bits per heavy atom. The van der Waals surface area contributed by atoms with Crippen molar-refractivity contribution in [3.05, 3.63) is 21.4 Å². The van der Waals surface area contributed by atoms with Crippen LogP contribution in [0.25, 0.3) is 0 Å². The molecule has 3 heterocycles. The fraction of sp³-hybridized carbons (Fsp3) is 0.667. The maximum atomic E-state index is 12.4. The highest BCUT2D eigenvalue weighted by molar-refractivity contribution is 7.14. The molecule has 0 aliphatic carbocycles. The van der Waals surface area contributed by atoms with E-state index in [1.165, 1.54) is 4.88 Å². The van der Waals surface area contributed by atoms with Crippen molar-refractivity contribution in [3.63, 3.8) is 0 Å². The Hall–Kier alpha value is -1.48. The van der Waals surface area contributed by atoms with Crippen molar-refractivity contribution in [1.82, 2.24) is 10.2 Å². The van der Waals surface area contributed by atoms with Gasteiger partial charge < -0.3 is 25.4 Å². The van der Waals surface area contributed by atoms with Crippen LogP contribution in [0.4, 0.5) is 0 Å². The number of piperidine rings is 1. The van der Waals surface area contributed by atoms with Crippen molar-refractivity contribution in [2.24, 2.45) is 5.73 Å². The summed E-state index contributed by atoms with van der Waals surface area (Å²) < 4.78 is 11.4. The summed E-state index contributed by atoms with van der Waals surface area (Å²) in [6, 6.07) is 1.98. The van der Waals surface area contributed by atoms with Gasteiger partial charge in [0.2, 0.25) is 5.91 Å². The molecule has 0 bridgehead atoms. The lowest BCUT2D eigenvalue weighted by molar-refractivity contribution is -0.139. The second kappa shape index (κ2) is 8.47. The molecule has 0 aromatic carbocycles. The van der Waals surface area contributed by atoms with Crippen LogP contribution < -0.4 is 11.1 Å². The molecule has 0 unspecified atom stereocenters. The zero-order valence-electron chi connectivity index (χ0n) is 15.2. The second-order valence-electron chi connectivity index (χ2n) is 6.58. The number of nitrogens with two attached hydrogens (primary N) is 1. The Kier molecular flexibility index (Phi) is 6.29. The monoisotopic (exact) mass is 381 g/mol.